The molecule has 0 bridgehead atoms. The van der Waals surface area contributed by atoms with E-state index in [1.807, 2.05) is 0 Å². The van der Waals surface area contributed by atoms with Crippen LogP contribution in [0.4, 0.5) is 0 Å². The molecule has 2 aromatic carbocycles. The zero-order chi connectivity index (χ0) is 38.5. The van der Waals surface area contributed by atoms with Crippen molar-refractivity contribution < 1.29 is 99.5 Å². The summed E-state index contributed by atoms with van der Waals surface area (Å²) in [6, 6.07) is 6.11. The summed E-state index contributed by atoms with van der Waals surface area (Å²) in [6.45, 7) is -0.0598. The van der Waals surface area contributed by atoms with Gasteiger partial charge in [0.25, 0.3) is 0 Å². The van der Waals surface area contributed by atoms with Gasteiger partial charge in [0.15, 0.2) is 36.5 Å². The van der Waals surface area contributed by atoms with Crippen molar-refractivity contribution in [1.29, 1.82) is 0 Å². The Bertz CT molecular complexity index is 1560. The average molecular weight is 761 g/mol. The highest BCUT2D eigenvalue weighted by Gasteiger charge is 2.52. The van der Waals surface area contributed by atoms with Gasteiger partial charge in [0, 0.05) is 24.1 Å². The molecule has 6 rings (SSSR count). The van der Waals surface area contributed by atoms with E-state index in [0.29, 0.717) is 0 Å². The number of rotatable bonds is 9. The van der Waals surface area contributed by atoms with Gasteiger partial charge in [-0.15, -0.1) is 0 Å². The molecule has 17 atom stereocenters. The van der Waals surface area contributed by atoms with E-state index in [9.17, 15) is 66.4 Å². The molecule has 0 saturated carbocycles. The molecular formula is C33H44O20. The summed E-state index contributed by atoms with van der Waals surface area (Å²) < 4.78 is 40.1. The van der Waals surface area contributed by atoms with Crippen LogP contribution in [0.1, 0.15) is 24.2 Å². The molecule has 0 spiro atoms. The number of aliphatic hydroxyl groups excluding tert-OH is 9. The largest absolute Gasteiger partial charge is 0.508 e. The highest BCUT2D eigenvalue weighted by Crippen LogP contribution is 2.44. The lowest BCUT2D eigenvalue weighted by molar-refractivity contribution is -0.363. The summed E-state index contributed by atoms with van der Waals surface area (Å²) in [5, 5.41) is 135. The van der Waals surface area contributed by atoms with Crippen LogP contribution in [-0.2, 0) is 34.8 Å². The van der Waals surface area contributed by atoms with Crippen molar-refractivity contribution >= 4 is 0 Å². The number of phenolic OH excluding ortho intramolecular Hbond substituents is 4. The van der Waals surface area contributed by atoms with Crippen molar-refractivity contribution in [2.45, 2.75) is 118 Å². The third kappa shape index (κ3) is 7.85. The molecule has 17 unspecified atom stereocenters. The molecule has 2 aromatic rings. The normalized spacial score (nSPS) is 41.7. The van der Waals surface area contributed by atoms with Gasteiger partial charge in [0.05, 0.1) is 19.3 Å². The lowest BCUT2D eigenvalue weighted by Crippen LogP contribution is -2.64. The number of benzene rings is 2. The van der Waals surface area contributed by atoms with E-state index in [1.54, 1.807) is 0 Å². The van der Waals surface area contributed by atoms with Gasteiger partial charge < -0.3 is 99.5 Å². The molecule has 0 radical (unpaired) electrons. The van der Waals surface area contributed by atoms with Crippen molar-refractivity contribution in [3.8, 4) is 28.7 Å². The Kier molecular flexibility index (Phi) is 11.9. The summed E-state index contributed by atoms with van der Waals surface area (Å²) in [6.07, 6.45) is -26.9. The van der Waals surface area contributed by atoms with Gasteiger partial charge in [-0.1, -0.05) is 6.07 Å². The molecule has 4 aliphatic heterocycles. The van der Waals surface area contributed by atoms with Gasteiger partial charge in [-0.25, -0.2) is 0 Å². The minimum absolute atomic E-state index is 0.0715. The predicted octanol–water partition coefficient (Wildman–Crippen LogP) is -3.95. The van der Waals surface area contributed by atoms with Gasteiger partial charge in [0.2, 0.25) is 0 Å². The fraction of sp³-hybridized carbons (Fsp3) is 0.636. The molecule has 0 amide bonds. The quantitative estimate of drug-likeness (QED) is 0.108. The Morgan fingerprint density at radius 2 is 1.28 bits per heavy atom. The van der Waals surface area contributed by atoms with Crippen LogP contribution < -0.4 is 4.74 Å². The highest BCUT2D eigenvalue weighted by atomic mass is 16.8. The van der Waals surface area contributed by atoms with Gasteiger partial charge in [0.1, 0.15) is 90.5 Å². The monoisotopic (exact) mass is 760 g/mol. The van der Waals surface area contributed by atoms with Crippen LogP contribution in [0.2, 0.25) is 0 Å². The first-order valence-corrected chi connectivity index (χ1v) is 16.8. The van der Waals surface area contributed by atoms with Crippen molar-refractivity contribution in [1.82, 2.24) is 0 Å². The van der Waals surface area contributed by atoms with E-state index in [4.69, 9.17) is 33.2 Å². The van der Waals surface area contributed by atoms with Gasteiger partial charge in [-0.05, 0) is 24.6 Å². The number of hydrogen-bond donors (Lipinski definition) is 13. The molecule has 4 aliphatic rings. The Labute approximate surface area is 300 Å². The molecule has 3 saturated heterocycles. The minimum atomic E-state index is -1.88. The molecule has 3 fully saturated rings. The number of hydrogen-bond acceptors (Lipinski definition) is 20. The van der Waals surface area contributed by atoms with Gasteiger partial charge in [-0.3, -0.25) is 0 Å². The topological polar surface area (TPSA) is 328 Å². The number of aromatic hydroxyl groups is 4. The Morgan fingerprint density at radius 3 is 1.96 bits per heavy atom. The lowest BCUT2D eigenvalue weighted by Gasteiger charge is -2.46. The Morgan fingerprint density at radius 1 is 0.642 bits per heavy atom. The Balaban J connectivity index is 1.15. The number of fused-ring (bicyclic) bond motifs is 1. The van der Waals surface area contributed by atoms with Crippen LogP contribution in [0.3, 0.4) is 0 Å². The molecular weight excluding hydrogens is 716 g/mol. The number of ether oxygens (including phenoxy) is 7. The van der Waals surface area contributed by atoms with Crippen molar-refractivity contribution in [2.75, 3.05) is 13.2 Å². The average Bonchev–Trinajstić information content (AvgIpc) is 3.12. The second kappa shape index (κ2) is 15.9. The summed E-state index contributed by atoms with van der Waals surface area (Å²) >= 11 is 0. The molecule has 13 N–H and O–H groups in total. The third-order valence-electron chi connectivity index (χ3n) is 9.82. The van der Waals surface area contributed by atoms with E-state index in [2.05, 4.69) is 0 Å². The minimum Gasteiger partial charge on any atom is -0.508 e. The SMILES string of the molecule is CC1OC(OC2C(CO)OC(OCC3OC(OC4Cc5c(O)cc(O)cc5OC4c4ccc(O)c(O)c4)C(O)C(O)C3O)C(O)C2O)C(O)C(O)C1O. The maximum atomic E-state index is 10.9. The first-order valence-electron chi connectivity index (χ1n) is 16.8. The fourth-order valence-electron chi connectivity index (χ4n) is 6.74. The van der Waals surface area contributed by atoms with Crippen LogP contribution in [0, 0.1) is 0 Å². The second-order valence-corrected chi connectivity index (χ2v) is 13.4. The van der Waals surface area contributed by atoms with E-state index in [0.717, 1.165) is 6.07 Å². The Hall–Kier alpha value is -3.16. The standard InChI is InChI=1S/C33H44O20/c1-10-21(39)23(41)26(44)32(48-10)53-30-19(8-34)51-31(28(46)25(30)43)47-9-20-22(40)24(42)27(45)33(52-20)50-18-7-13-15(37)5-12(35)6-17(13)49-29(18)11-2-3-14(36)16(38)4-11/h2-6,10,18-46H,7-9H2,1H3. The molecule has 296 valence electrons. The summed E-state index contributed by atoms with van der Waals surface area (Å²) in [5.74, 6) is -1.50. The van der Waals surface area contributed by atoms with Crippen LogP contribution in [-0.4, -0.2) is 178 Å². The van der Waals surface area contributed by atoms with Crippen LogP contribution in [0.15, 0.2) is 30.3 Å². The molecule has 4 heterocycles. The zero-order valence-electron chi connectivity index (χ0n) is 28.0. The first kappa shape index (κ1) is 39.5. The zero-order valence-corrected chi connectivity index (χ0v) is 28.0. The molecule has 20 nitrogen and oxygen atoms in total. The van der Waals surface area contributed by atoms with Crippen LogP contribution >= 0.6 is 0 Å². The smallest absolute Gasteiger partial charge is 0.187 e. The van der Waals surface area contributed by atoms with Crippen LogP contribution in [0.5, 0.6) is 28.7 Å². The predicted molar refractivity (Wildman–Crippen MR) is 169 cm³/mol. The molecule has 20 heteroatoms. The van der Waals surface area contributed by atoms with Crippen molar-refractivity contribution in [2.24, 2.45) is 0 Å². The van der Waals surface area contributed by atoms with Gasteiger partial charge in [-0.2, -0.15) is 0 Å². The summed E-state index contributed by atoms with van der Waals surface area (Å²) in [4.78, 5) is 0. The maximum Gasteiger partial charge on any atom is 0.187 e. The van der Waals surface area contributed by atoms with E-state index in [1.165, 1.54) is 31.2 Å². The highest BCUT2D eigenvalue weighted by molar-refractivity contribution is 5.52. The summed E-state index contributed by atoms with van der Waals surface area (Å²) in [7, 11) is 0. The third-order valence-corrected chi connectivity index (χ3v) is 9.82. The van der Waals surface area contributed by atoms with Crippen molar-refractivity contribution in [3.05, 3.63) is 41.5 Å². The van der Waals surface area contributed by atoms with E-state index < -0.39 is 129 Å². The number of aliphatic hydroxyl groups is 9. The maximum absolute atomic E-state index is 10.9. The molecule has 0 aromatic heterocycles. The van der Waals surface area contributed by atoms with Gasteiger partial charge >= 0.3 is 0 Å². The second-order valence-electron chi connectivity index (χ2n) is 13.4. The number of phenols is 4. The fourth-order valence-corrected chi connectivity index (χ4v) is 6.74. The summed E-state index contributed by atoms with van der Waals surface area (Å²) in [5.41, 5.74) is 0.466. The molecule has 0 aliphatic carbocycles. The lowest BCUT2D eigenvalue weighted by atomic mass is 9.93. The molecule has 53 heavy (non-hydrogen) atoms. The van der Waals surface area contributed by atoms with Crippen LogP contribution in [0.25, 0.3) is 0 Å². The first-order chi connectivity index (χ1) is 25.1. The van der Waals surface area contributed by atoms with E-state index in [-0.39, 0.29) is 34.8 Å². The van der Waals surface area contributed by atoms with E-state index >= 15 is 0 Å². The van der Waals surface area contributed by atoms with Crippen molar-refractivity contribution in [3.63, 3.8) is 0 Å².